The lowest BCUT2D eigenvalue weighted by Crippen LogP contribution is -2.27. The van der Waals surface area contributed by atoms with E-state index in [-0.39, 0.29) is 11.7 Å². The third-order valence-electron chi connectivity index (χ3n) is 4.50. The minimum absolute atomic E-state index is 0.0212. The number of hydrogen-bond acceptors (Lipinski definition) is 4. The van der Waals surface area contributed by atoms with Crippen molar-refractivity contribution in [2.24, 2.45) is 5.92 Å². The molecule has 28 heavy (non-hydrogen) atoms. The minimum atomic E-state index is -0.782. The summed E-state index contributed by atoms with van der Waals surface area (Å²) < 4.78 is 11.4. The van der Waals surface area contributed by atoms with Crippen molar-refractivity contribution in [1.29, 1.82) is 0 Å². The van der Waals surface area contributed by atoms with Crippen molar-refractivity contribution in [2.45, 2.75) is 53.1 Å². The highest BCUT2D eigenvalue weighted by Gasteiger charge is 2.35. The van der Waals surface area contributed by atoms with Crippen LogP contribution in [0.2, 0.25) is 0 Å². The Morgan fingerprint density at radius 3 is 2.50 bits per heavy atom. The summed E-state index contributed by atoms with van der Waals surface area (Å²) in [7, 11) is 0. The highest BCUT2D eigenvalue weighted by molar-refractivity contribution is 5.99. The third kappa shape index (κ3) is 6.55. The number of carbonyl (C=O) groups excluding carboxylic acids is 2. The van der Waals surface area contributed by atoms with Crippen LogP contribution >= 0.6 is 0 Å². The molecule has 5 heteroatoms. The number of ketones is 1. The molecule has 1 aromatic rings. The second kappa shape index (κ2) is 9.58. The smallest absolute Gasteiger partial charge is 0.220 e. The molecule has 1 heterocycles. The lowest BCUT2D eigenvalue weighted by atomic mass is 10.1. The van der Waals surface area contributed by atoms with Gasteiger partial charge in [0.25, 0.3) is 0 Å². The number of nitrogens with one attached hydrogen (secondary N) is 1. The van der Waals surface area contributed by atoms with Crippen LogP contribution in [0.25, 0.3) is 0 Å². The van der Waals surface area contributed by atoms with E-state index < -0.39 is 5.60 Å². The van der Waals surface area contributed by atoms with Crippen molar-refractivity contribution >= 4 is 11.7 Å². The molecule has 0 unspecified atom stereocenters. The van der Waals surface area contributed by atoms with Gasteiger partial charge in [-0.15, -0.1) is 0 Å². The van der Waals surface area contributed by atoms with Gasteiger partial charge in [0.15, 0.2) is 5.60 Å². The number of rotatable bonds is 9. The molecule has 0 saturated carbocycles. The van der Waals surface area contributed by atoms with Gasteiger partial charge in [-0.25, -0.2) is 0 Å². The van der Waals surface area contributed by atoms with Gasteiger partial charge >= 0.3 is 0 Å². The first kappa shape index (κ1) is 21.7. The summed E-state index contributed by atoms with van der Waals surface area (Å²) in [4.78, 5) is 23.5. The highest BCUT2D eigenvalue weighted by Crippen LogP contribution is 2.28. The molecule has 1 aromatic carbocycles. The van der Waals surface area contributed by atoms with Crippen molar-refractivity contribution in [1.82, 2.24) is 5.32 Å². The van der Waals surface area contributed by atoms with Gasteiger partial charge in [-0.05, 0) is 62.5 Å². The predicted octanol–water partition coefficient (Wildman–Crippen LogP) is 3.98. The molecule has 0 saturated heterocycles. The first-order valence-corrected chi connectivity index (χ1v) is 9.78. The largest absolute Gasteiger partial charge is 0.490 e. The third-order valence-corrected chi connectivity index (χ3v) is 4.50. The molecule has 0 bridgehead atoms. The number of amides is 1. The summed E-state index contributed by atoms with van der Waals surface area (Å²) in [6.45, 7) is 10.5. The maximum Gasteiger partial charge on any atom is 0.220 e. The number of ether oxygens (including phenoxy) is 2. The fourth-order valence-electron chi connectivity index (χ4n) is 2.75. The van der Waals surface area contributed by atoms with Crippen LogP contribution in [0.4, 0.5) is 0 Å². The maximum atomic E-state index is 11.8. The Hall–Kier alpha value is -2.56. The number of carbonyl (C=O) groups is 2. The SMILES string of the molecule is C/C(=C\COc1ccc(CCNC(=O)CC(C)C)cc1)C1=CC(=O)C(C)(C)O1. The summed E-state index contributed by atoms with van der Waals surface area (Å²) in [6, 6.07) is 7.85. The zero-order valence-electron chi connectivity index (χ0n) is 17.5. The van der Waals surface area contributed by atoms with E-state index in [9.17, 15) is 9.59 Å². The van der Waals surface area contributed by atoms with Crippen LogP contribution < -0.4 is 10.1 Å². The number of hydrogen-bond donors (Lipinski definition) is 1. The lowest BCUT2D eigenvalue weighted by molar-refractivity contribution is -0.126. The average Bonchev–Trinajstić information content (AvgIpc) is 2.89. The van der Waals surface area contributed by atoms with E-state index >= 15 is 0 Å². The Morgan fingerprint density at radius 1 is 1.25 bits per heavy atom. The molecule has 1 amide bonds. The van der Waals surface area contributed by atoms with Crippen molar-refractivity contribution in [3.05, 3.63) is 53.3 Å². The molecule has 0 fully saturated rings. The van der Waals surface area contributed by atoms with Crippen molar-refractivity contribution in [2.75, 3.05) is 13.2 Å². The Bertz CT molecular complexity index is 757. The molecular formula is C23H31NO4. The summed E-state index contributed by atoms with van der Waals surface area (Å²) >= 11 is 0. The molecule has 152 valence electrons. The Labute approximate surface area is 167 Å². The molecule has 0 aliphatic carbocycles. The van der Waals surface area contributed by atoms with Crippen LogP contribution in [-0.2, 0) is 20.7 Å². The van der Waals surface area contributed by atoms with E-state index in [1.165, 1.54) is 0 Å². The van der Waals surface area contributed by atoms with Gasteiger partial charge < -0.3 is 14.8 Å². The Kier molecular flexibility index (Phi) is 7.44. The molecule has 1 aliphatic heterocycles. The predicted molar refractivity (Wildman–Crippen MR) is 110 cm³/mol. The van der Waals surface area contributed by atoms with Gasteiger partial charge in [0, 0.05) is 19.0 Å². The summed E-state index contributed by atoms with van der Waals surface area (Å²) in [6.07, 6.45) is 4.80. The fourth-order valence-corrected chi connectivity index (χ4v) is 2.75. The van der Waals surface area contributed by atoms with Crippen LogP contribution in [0, 0.1) is 5.92 Å². The minimum Gasteiger partial charge on any atom is -0.490 e. The number of benzene rings is 1. The van der Waals surface area contributed by atoms with Gasteiger partial charge in [0.05, 0.1) is 0 Å². The summed E-state index contributed by atoms with van der Waals surface area (Å²) in [5.41, 5.74) is 1.25. The van der Waals surface area contributed by atoms with Crippen LogP contribution in [-0.4, -0.2) is 30.4 Å². The molecule has 1 N–H and O–H groups in total. The molecule has 0 atom stereocenters. The first-order valence-electron chi connectivity index (χ1n) is 9.78. The van der Waals surface area contributed by atoms with E-state index in [2.05, 4.69) is 5.32 Å². The molecule has 2 rings (SSSR count). The van der Waals surface area contributed by atoms with Crippen LogP contribution in [0.15, 0.2) is 47.7 Å². The number of allylic oxidation sites excluding steroid dienone is 1. The van der Waals surface area contributed by atoms with E-state index in [1.807, 2.05) is 51.1 Å². The zero-order valence-corrected chi connectivity index (χ0v) is 17.5. The molecule has 1 aliphatic rings. The topological polar surface area (TPSA) is 64.6 Å². The second-order valence-electron chi connectivity index (χ2n) is 8.03. The monoisotopic (exact) mass is 385 g/mol. The van der Waals surface area contributed by atoms with E-state index in [1.54, 1.807) is 19.9 Å². The fraction of sp³-hybridized carbons (Fsp3) is 0.478. The van der Waals surface area contributed by atoms with Gasteiger partial charge in [-0.3, -0.25) is 9.59 Å². The van der Waals surface area contributed by atoms with Crippen LogP contribution in [0.1, 0.15) is 46.6 Å². The summed E-state index contributed by atoms with van der Waals surface area (Å²) in [5.74, 6) is 1.83. The maximum absolute atomic E-state index is 11.8. The second-order valence-corrected chi connectivity index (χ2v) is 8.03. The average molecular weight is 386 g/mol. The van der Waals surface area contributed by atoms with Crippen LogP contribution in [0.5, 0.6) is 5.75 Å². The van der Waals surface area contributed by atoms with Crippen molar-refractivity contribution in [3.63, 3.8) is 0 Å². The molecule has 0 radical (unpaired) electrons. The van der Waals surface area contributed by atoms with E-state index in [4.69, 9.17) is 9.47 Å². The van der Waals surface area contributed by atoms with Crippen molar-refractivity contribution < 1.29 is 19.1 Å². The summed E-state index contributed by atoms with van der Waals surface area (Å²) in [5, 5.41) is 2.94. The first-order chi connectivity index (χ1) is 13.2. The zero-order chi connectivity index (χ0) is 20.7. The van der Waals surface area contributed by atoms with Gasteiger partial charge in [-0.2, -0.15) is 0 Å². The molecule has 0 aromatic heterocycles. The van der Waals surface area contributed by atoms with Gasteiger partial charge in [0.1, 0.15) is 18.1 Å². The van der Waals surface area contributed by atoms with Gasteiger partial charge in [0.2, 0.25) is 11.7 Å². The molecule has 5 nitrogen and oxygen atoms in total. The Balaban J connectivity index is 1.76. The normalized spacial score (nSPS) is 16.0. The molecule has 0 spiro atoms. The van der Waals surface area contributed by atoms with Gasteiger partial charge in [-0.1, -0.05) is 26.0 Å². The quantitative estimate of drug-likeness (QED) is 0.698. The van der Waals surface area contributed by atoms with E-state index in [0.29, 0.717) is 31.2 Å². The van der Waals surface area contributed by atoms with E-state index in [0.717, 1.165) is 23.3 Å². The van der Waals surface area contributed by atoms with Crippen molar-refractivity contribution in [3.8, 4) is 5.75 Å². The molecular weight excluding hydrogens is 354 g/mol. The Morgan fingerprint density at radius 2 is 1.93 bits per heavy atom. The highest BCUT2D eigenvalue weighted by atomic mass is 16.5. The van der Waals surface area contributed by atoms with Crippen LogP contribution in [0.3, 0.4) is 0 Å². The standard InChI is InChI=1S/C23H31NO4/c1-16(2)14-22(26)24-12-10-18-6-8-19(9-7-18)27-13-11-17(3)20-15-21(25)23(4,5)28-20/h6-9,11,15-16H,10,12-14H2,1-5H3,(H,24,26)/b17-11+. The lowest BCUT2D eigenvalue weighted by Gasteiger charge is -2.18.